The van der Waals surface area contributed by atoms with Crippen LogP contribution >= 0.6 is 11.6 Å². The highest BCUT2D eigenvalue weighted by Gasteiger charge is 2.55. The molecule has 1 aliphatic rings. The summed E-state index contributed by atoms with van der Waals surface area (Å²) in [6.45, 7) is -0.0438. The van der Waals surface area contributed by atoms with Gasteiger partial charge in [0.05, 0.1) is 16.5 Å². The third kappa shape index (κ3) is 1.50. The molecule has 78 valence electrons. The highest BCUT2D eigenvalue weighted by atomic mass is 35.5. The Hall–Kier alpha value is -1.11. The van der Waals surface area contributed by atoms with E-state index in [2.05, 4.69) is 6.07 Å². The van der Waals surface area contributed by atoms with E-state index in [1.165, 1.54) is 12.1 Å². The standard InChI is InChI=1S/C11H9ClFNO/c12-9-2-1-7(3-10(9)13)11(6-14)4-8(11)5-15/h1-3,8,15H,4-5H2/t8-,11+/m1/s1. The number of hydrogen-bond donors (Lipinski definition) is 1. The Morgan fingerprint density at radius 1 is 1.67 bits per heavy atom. The molecule has 0 radical (unpaired) electrons. The molecule has 1 aliphatic carbocycles. The van der Waals surface area contributed by atoms with E-state index < -0.39 is 11.2 Å². The SMILES string of the molecule is N#C[C@]1(c2ccc(Cl)c(F)c2)C[C@@H]1CO. The van der Waals surface area contributed by atoms with Crippen LogP contribution < -0.4 is 0 Å². The van der Waals surface area contributed by atoms with E-state index in [1.807, 2.05) is 0 Å². The normalized spacial score (nSPS) is 28.5. The predicted octanol–water partition coefficient (Wildman–Crippen LogP) is 2.25. The highest BCUT2D eigenvalue weighted by molar-refractivity contribution is 6.30. The van der Waals surface area contributed by atoms with Gasteiger partial charge < -0.3 is 5.11 Å². The van der Waals surface area contributed by atoms with E-state index in [9.17, 15) is 4.39 Å². The van der Waals surface area contributed by atoms with Crippen molar-refractivity contribution in [3.63, 3.8) is 0 Å². The third-order valence-electron chi connectivity index (χ3n) is 2.96. The van der Waals surface area contributed by atoms with Crippen LogP contribution in [0.3, 0.4) is 0 Å². The Balaban J connectivity index is 2.39. The van der Waals surface area contributed by atoms with Crippen molar-refractivity contribution in [3.05, 3.63) is 34.6 Å². The number of benzene rings is 1. The van der Waals surface area contributed by atoms with Gasteiger partial charge in [-0.05, 0) is 24.1 Å². The predicted molar refractivity (Wildman–Crippen MR) is 53.9 cm³/mol. The average molecular weight is 226 g/mol. The van der Waals surface area contributed by atoms with E-state index in [0.29, 0.717) is 12.0 Å². The zero-order valence-corrected chi connectivity index (χ0v) is 8.63. The quantitative estimate of drug-likeness (QED) is 0.839. The second-order valence-corrected chi connectivity index (χ2v) is 4.20. The van der Waals surface area contributed by atoms with E-state index in [1.54, 1.807) is 6.07 Å². The van der Waals surface area contributed by atoms with E-state index >= 15 is 0 Å². The van der Waals surface area contributed by atoms with Crippen molar-refractivity contribution in [2.75, 3.05) is 6.61 Å². The number of nitriles is 1. The van der Waals surface area contributed by atoms with E-state index in [-0.39, 0.29) is 17.5 Å². The van der Waals surface area contributed by atoms with Crippen molar-refractivity contribution < 1.29 is 9.50 Å². The Bertz CT molecular complexity index is 443. The molecular weight excluding hydrogens is 217 g/mol. The summed E-state index contributed by atoms with van der Waals surface area (Å²) in [4.78, 5) is 0. The summed E-state index contributed by atoms with van der Waals surface area (Å²) in [5, 5.41) is 18.1. The number of aliphatic hydroxyl groups is 1. The molecule has 0 heterocycles. The fourth-order valence-electron chi connectivity index (χ4n) is 1.88. The topological polar surface area (TPSA) is 44.0 Å². The Morgan fingerprint density at radius 3 is 2.87 bits per heavy atom. The van der Waals surface area contributed by atoms with Crippen LogP contribution in [0.15, 0.2) is 18.2 Å². The second kappa shape index (κ2) is 3.48. The molecule has 0 amide bonds. The lowest BCUT2D eigenvalue weighted by Crippen LogP contribution is -2.09. The maximum atomic E-state index is 13.2. The Morgan fingerprint density at radius 2 is 2.40 bits per heavy atom. The molecule has 2 atom stereocenters. The minimum atomic E-state index is -0.708. The molecule has 4 heteroatoms. The molecule has 0 unspecified atom stereocenters. The van der Waals surface area contributed by atoms with Crippen LogP contribution in [0.2, 0.25) is 5.02 Å². The van der Waals surface area contributed by atoms with Crippen molar-refractivity contribution in [2.45, 2.75) is 11.8 Å². The molecule has 0 aliphatic heterocycles. The number of halogens is 2. The number of hydrogen-bond acceptors (Lipinski definition) is 2. The molecule has 1 saturated carbocycles. The van der Waals surface area contributed by atoms with Gasteiger partial charge >= 0.3 is 0 Å². The number of aliphatic hydroxyl groups excluding tert-OH is 1. The molecule has 2 rings (SSSR count). The van der Waals surface area contributed by atoms with Gasteiger partial charge in [0.1, 0.15) is 5.82 Å². The van der Waals surface area contributed by atoms with Crippen LogP contribution in [-0.2, 0) is 5.41 Å². The molecule has 0 saturated heterocycles. The minimum Gasteiger partial charge on any atom is -0.396 e. The average Bonchev–Trinajstić information content (AvgIpc) is 2.97. The smallest absolute Gasteiger partial charge is 0.142 e. The molecule has 0 aromatic heterocycles. The second-order valence-electron chi connectivity index (χ2n) is 3.80. The number of rotatable bonds is 2. The molecule has 1 N–H and O–H groups in total. The third-order valence-corrected chi connectivity index (χ3v) is 3.27. The van der Waals surface area contributed by atoms with Gasteiger partial charge in [0.2, 0.25) is 0 Å². The molecule has 1 aromatic carbocycles. The summed E-state index contributed by atoms with van der Waals surface area (Å²) in [6.07, 6.45) is 0.584. The largest absolute Gasteiger partial charge is 0.396 e. The fourth-order valence-corrected chi connectivity index (χ4v) is 2.00. The van der Waals surface area contributed by atoms with Gasteiger partial charge in [0.15, 0.2) is 0 Å². The van der Waals surface area contributed by atoms with Gasteiger partial charge in [0, 0.05) is 12.5 Å². The monoisotopic (exact) mass is 225 g/mol. The van der Waals surface area contributed by atoms with Crippen molar-refractivity contribution in [1.82, 2.24) is 0 Å². The summed E-state index contributed by atoms with van der Waals surface area (Å²) < 4.78 is 13.2. The van der Waals surface area contributed by atoms with E-state index in [0.717, 1.165) is 0 Å². The van der Waals surface area contributed by atoms with Gasteiger partial charge in [-0.15, -0.1) is 0 Å². The Labute approximate surface area is 91.9 Å². The maximum Gasteiger partial charge on any atom is 0.142 e. The summed E-state index contributed by atoms with van der Waals surface area (Å²) in [5.41, 5.74) is -0.105. The zero-order chi connectivity index (χ0) is 11.1. The minimum absolute atomic E-state index is 0.0438. The lowest BCUT2D eigenvalue weighted by molar-refractivity contribution is 0.269. The fraction of sp³-hybridized carbons (Fsp3) is 0.364. The van der Waals surface area contributed by atoms with Crippen molar-refractivity contribution in [3.8, 4) is 6.07 Å². The lowest BCUT2D eigenvalue weighted by atomic mass is 9.95. The molecular formula is C11H9ClFNO. The first-order chi connectivity index (χ1) is 7.14. The maximum absolute atomic E-state index is 13.2. The first-order valence-corrected chi connectivity index (χ1v) is 4.99. The summed E-state index contributed by atoms with van der Waals surface area (Å²) >= 11 is 5.56. The van der Waals surface area contributed by atoms with Gasteiger partial charge in [-0.2, -0.15) is 5.26 Å². The lowest BCUT2D eigenvalue weighted by Gasteiger charge is -2.08. The summed E-state index contributed by atoms with van der Waals surface area (Å²) in [6, 6.07) is 6.51. The first kappa shape index (κ1) is 10.4. The van der Waals surface area contributed by atoms with Crippen LogP contribution in [0.25, 0.3) is 0 Å². The molecule has 1 aromatic rings. The molecule has 0 bridgehead atoms. The van der Waals surface area contributed by atoms with Gasteiger partial charge in [-0.25, -0.2) is 4.39 Å². The van der Waals surface area contributed by atoms with Crippen molar-refractivity contribution in [2.24, 2.45) is 5.92 Å². The summed E-state index contributed by atoms with van der Waals surface area (Å²) in [7, 11) is 0. The molecule has 15 heavy (non-hydrogen) atoms. The van der Waals surface area contributed by atoms with Crippen LogP contribution in [0.1, 0.15) is 12.0 Å². The first-order valence-electron chi connectivity index (χ1n) is 4.61. The van der Waals surface area contributed by atoms with Crippen LogP contribution in [-0.4, -0.2) is 11.7 Å². The zero-order valence-electron chi connectivity index (χ0n) is 7.87. The van der Waals surface area contributed by atoms with Crippen molar-refractivity contribution in [1.29, 1.82) is 5.26 Å². The molecule has 0 spiro atoms. The summed E-state index contributed by atoms with van der Waals surface area (Å²) in [5.74, 6) is -0.601. The molecule has 2 nitrogen and oxygen atoms in total. The van der Waals surface area contributed by atoms with Gasteiger partial charge in [-0.1, -0.05) is 17.7 Å². The van der Waals surface area contributed by atoms with Crippen LogP contribution in [0.5, 0.6) is 0 Å². The number of nitrogens with zero attached hydrogens (tertiary/aromatic N) is 1. The van der Waals surface area contributed by atoms with Gasteiger partial charge in [0.25, 0.3) is 0 Å². The Kier molecular flexibility index (Phi) is 2.41. The van der Waals surface area contributed by atoms with Crippen LogP contribution in [0, 0.1) is 23.1 Å². The van der Waals surface area contributed by atoms with Crippen molar-refractivity contribution >= 4 is 11.6 Å². The molecule has 1 fully saturated rings. The van der Waals surface area contributed by atoms with Crippen LogP contribution in [0.4, 0.5) is 4.39 Å². The van der Waals surface area contributed by atoms with E-state index in [4.69, 9.17) is 22.0 Å². The highest BCUT2D eigenvalue weighted by Crippen LogP contribution is 2.53. The van der Waals surface area contributed by atoms with Gasteiger partial charge in [-0.3, -0.25) is 0 Å².